The number of fused-ring (bicyclic) bond motifs is 20. The van der Waals surface area contributed by atoms with Crippen molar-refractivity contribution >= 4 is 46.4 Å². The molecule has 0 unspecified atom stereocenters. The summed E-state index contributed by atoms with van der Waals surface area (Å²) in [6, 6.07) is 61.5. The molecule has 20 nitrogen and oxygen atoms in total. The van der Waals surface area contributed by atoms with E-state index >= 15 is 0 Å². The Morgan fingerprint density at radius 1 is 0.216 bits per heavy atom. The lowest BCUT2D eigenvalue weighted by molar-refractivity contribution is 0.0986. The predicted molar refractivity (Wildman–Crippen MR) is 338 cm³/mol. The van der Waals surface area contributed by atoms with Crippen molar-refractivity contribution in [1.29, 1.82) is 0 Å². The SMILES string of the molecule is CN1C(=O)c2ccccc2-c2c(nnn2C)-c2ccccc21.CN1C(=O)c2ccccc2-c2c(nnn2C)-c2ccccc21.CN1C(=O)c2ccccc2-c2nnn(C)c2-c2ccccc21.CN1C(=O)c2ccccc2-c2nnn(C)c2-c2ccccc21. The number of hydrogen-bond acceptors (Lipinski definition) is 12. The zero-order chi connectivity index (χ0) is 61.1. The summed E-state index contributed by atoms with van der Waals surface area (Å²) >= 11 is 0. The molecule has 4 aromatic heterocycles. The maximum absolute atomic E-state index is 12.9. The molecule has 0 radical (unpaired) electrons. The zero-order valence-electron chi connectivity index (χ0n) is 49.3. The normalized spacial score (nSPS) is 13.0. The molecule has 4 aliphatic heterocycles. The molecule has 0 saturated carbocycles. The molecule has 0 atom stereocenters. The summed E-state index contributed by atoms with van der Waals surface area (Å²) in [4.78, 5) is 58.1. The van der Waals surface area contributed by atoms with E-state index in [1.165, 1.54) is 0 Å². The minimum atomic E-state index is -0.0423. The van der Waals surface area contributed by atoms with Gasteiger partial charge in [-0.25, -0.2) is 18.7 Å². The molecular weight excluding hydrogens is 1100 g/mol. The quantitative estimate of drug-likeness (QED) is 0.139. The number of nitrogens with zero attached hydrogens (tertiary/aromatic N) is 16. The van der Waals surface area contributed by atoms with Crippen molar-refractivity contribution in [2.24, 2.45) is 28.2 Å². The van der Waals surface area contributed by atoms with Gasteiger partial charge < -0.3 is 19.6 Å². The number of amides is 4. The highest BCUT2D eigenvalue weighted by Gasteiger charge is 2.33. The summed E-state index contributed by atoms with van der Waals surface area (Å²) in [5.74, 6) is -0.150. The molecule has 88 heavy (non-hydrogen) atoms. The van der Waals surface area contributed by atoms with Gasteiger partial charge in [-0.3, -0.25) is 19.2 Å². The van der Waals surface area contributed by atoms with Crippen LogP contribution in [-0.2, 0) is 28.2 Å². The summed E-state index contributed by atoms with van der Waals surface area (Å²) < 4.78 is 6.97. The zero-order valence-corrected chi connectivity index (χ0v) is 49.3. The molecule has 8 heterocycles. The second-order valence-corrected chi connectivity index (χ2v) is 21.3. The Hall–Kier alpha value is -11.8. The van der Waals surface area contributed by atoms with Gasteiger partial charge in [-0.1, -0.05) is 166 Å². The molecule has 0 saturated heterocycles. The average molecular weight is 1160 g/mol. The molecule has 0 aliphatic carbocycles. The molecule has 0 bridgehead atoms. The highest BCUT2D eigenvalue weighted by atomic mass is 16.2. The first-order valence-electron chi connectivity index (χ1n) is 28.2. The van der Waals surface area contributed by atoms with Crippen LogP contribution >= 0.6 is 0 Å². The average Bonchev–Trinajstić information content (AvgIpc) is 2.09. The number of benzene rings is 8. The van der Waals surface area contributed by atoms with Crippen molar-refractivity contribution in [3.05, 3.63) is 216 Å². The van der Waals surface area contributed by atoms with E-state index in [4.69, 9.17) is 0 Å². The fraction of sp³-hybridized carbons (Fsp3) is 0.118. The Balaban J connectivity index is 0.000000108. The Morgan fingerprint density at radius 2 is 0.398 bits per heavy atom. The fourth-order valence-corrected chi connectivity index (χ4v) is 11.9. The third-order valence-corrected chi connectivity index (χ3v) is 16.3. The highest BCUT2D eigenvalue weighted by Crippen LogP contribution is 2.44. The molecule has 12 aromatic rings. The summed E-state index contributed by atoms with van der Waals surface area (Å²) in [7, 11) is 14.6. The van der Waals surface area contributed by atoms with Gasteiger partial charge in [0.15, 0.2) is 0 Å². The van der Waals surface area contributed by atoms with Crippen molar-refractivity contribution in [3.63, 3.8) is 0 Å². The number of aryl methyl sites for hydroxylation is 4. The smallest absolute Gasteiger partial charge is 0.258 e. The lowest BCUT2D eigenvalue weighted by Gasteiger charge is -2.24. The van der Waals surface area contributed by atoms with E-state index in [0.29, 0.717) is 22.3 Å². The van der Waals surface area contributed by atoms with Crippen molar-refractivity contribution in [3.8, 4) is 90.1 Å². The van der Waals surface area contributed by atoms with E-state index in [1.54, 1.807) is 66.5 Å². The molecule has 0 spiro atoms. The first kappa shape index (κ1) is 55.4. The van der Waals surface area contributed by atoms with Crippen LogP contribution in [0.1, 0.15) is 41.4 Å². The van der Waals surface area contributed by atoms with Gasteiger partial charge in [0.25, 0.3) is 23.6 Å². The number of anilines is 4. The van der Waals surface area contributed by atoms with E-state index in [-0.39, 0.29) is 23.6 Å². The number of hydrogen-bond donors (Lipinski definition) is 0. The van der Waals surface area contributed by atoms with E-state index < -0.39 is 0 Å². The molecule has 0 fully saturated rings. The fourth-order valence-electron chi connectivity index (χ4n) is 11.9. The van der Waals surface area contributed by atoms with Gasteiger partial charge >= 0.3 is 0 Å². The van der Waals surface area contributed by atoms with Gasteiger partial charge in [0, 0.05) is 123 Å². The van der Waals surface area contributed by atoms with Crippen LogP contribution in [-0.4, -0.2) is 112 Å². The largest absolute Gasteiger partial charge is 0.311 e. The minimum absolute atomic E-state index is 0.0325. The van der Waals surface area contributed by atoms with Gasteiger partial charge in [0.1, 0.15) is 22.8 Å². The summed E-state index contributed by atoms with van der Waals surface area (Å²) in [5.41, 5.74) is 19.7. The Morgan fingerprint density at radius 3 is 0.682 bits per heavy atom. The van der Waals surface area contributed by atoms with E-state index in [0.717, 1.165) is 113 Å². The van der Waals surface area contributed by atoms with Gasteiger partial charge in [-0.2, -0.15) is 0 Å². The maximum Gasteiger partial charge on any atom is 0.258 e. The second-order valence-electron chi connectivity index (χ2n) is 21.3. The second kappa shape index (κ2) is 22.3. The predicted octanol–water partition coefficient (Wildman–Crippen LogP) is 11.0. The molecule has 16 rings (SSSR count). The molecule has 432 valence electrons. The third kappa shape index (κ3) is 9.17. The van der Waals surface area contributed by atoms with E-state index in [1.807, 2.05) is 222 Å². The molecule has 0 N–H and O–H groups in total. The van der Waals surface area contributed by atoms with Gasteiger partial charge in [-0.15, -0.1) is 20.4 Å². The number of carbonyl (C=O) groups excluding carboxylic acids is 4. The lowest BCUT2D eigenvalue weighted by atomic mass is 9.95. The van der Waals surface area contributed by atoms with Crippen LogP contribution in [0.5, 0.6) is 0 Å². The topological polar surface area (TPSA) is 204 Å². The minimum Gasteiger partial charge on any atom is -0.311 e. The van der Waals surface area contributed by atoms with Gasteiger partial charge in [0.2, 0.25) is 0 Å². The molecule has 8 aromatic carbocycles. The Bertz CT molecular complexity index is 4480. The standard InChI is InChI=1S/4C17H14N4O/c2*1-20-14-10-6-5-9-13(14)15-16(21(2)19-18-15)11-7-3-4-8-12(11)17(20)22;2*1-20-14-10-6-5-9-13(14)16-15(18-19-21(16)2)11-7-3-4-8-12(11)17(20)22/h4*3-10H,1-2H3. The summed E-state index contributed by atoms with van der Waals surface area (Å²) in [5, 5.41) is 33.9. The lowest BCUT2D eigenvalue weighted by Crippen LogP contribution is -2.28. The van der Waals surface area contributed by atoms with Crippen LogP contribution < -0.4 is 19.6 Å². The van der Waals surface area contributed by atoms with Crippen LogP contribution in [0, 0.1) is 0 Å². The number of aromatic nitrogens is 12. The van der Waals surface area contributed by atoms with Crippen molar-refractivity contribution in [2.75, 3.05) is 47.8 Å². The van der Waals surface area contributed by atoms with Crippen LogP contribution in [0.15, 0.2) is 194 Å². The number of para-hydroxylation sites is 4. The van der Waals surface area contributed by atoms with Crippen molar-refractivity contribution in [1.82, 2.24) is 60.0 Å². The van der Waals surface area contributed by atoms with Crippen LogP contribution in [0.25, 0.3) is 90.1 Å². The molecule has 4 aliphatic rings. The van der Waals surface area contributed by atoms with Gasteiger partial charge in [0.05, 0.1) is 45.5 Å². The number of rotatable bonds is 0. The van der Waals surface area contributed by atoms with Crippen molar-refractivity contribution in [2.45, 2.75) is 0 Å². The Labute approximate surface area is 505 Å². The third-order valence-electron chi connectivity index (χ3n) is 16.3. The maximum atomic E-state index is 12.9. The molecular formula is C68H56N16O4. The van der Waals surface area contributed by atoms with Gasteiger partial charge in [-0.05, 0) is 48.5 Å². The molecule has 4 amide bonds. The molecule has 20 heteroatoms. The van der Waals surface area contributed by atoms with E-state index in [2.05, 4.69) is 41.2 Å². The first-order chi connectivity index (χ1) is 42.7. The first-order valence-corrected chi connectivity index (χ1v) is 28.2. The summed E-state index contributed by atoms with van der Waals surface area (Å²) in [6.45, 7) is 0. The van der Waals surface area contributed by atoms with Crippen LogP contribution in [0.4, 0.5) is 22.7 Å². The van der Waals surface area contributed by atoms with Crippen molar-refractivity contribution < 1.29 is 19.2 Å². The number of carbonyl (C=O) groups is 4. The monoisotopic (exact) mass is 1160 g/mol. The van der Waals surface area contributed by atoms with E-state index in [9.17, 15) is 19.2 Å². The highest BCUT2D eigenvalue weighted by molar-refractivity contribution is 6.17. The Kier molecular flexibility index (Phi) is 14.0. The van der Waals surface area contributed by atoms with Crippen LogP contribution in [0.3, 0.4) is 0 Å². The van der Waals surface area contributed by atoms with Crippen LogP contribution in [0.2, 0.25) is 0 Å². The summed E-state index contributed by atoms with van der Waals surface area (Å²) in [6.07, 6.45) is 0.